The average molecular weight is 626 g/mol. The van der Waals surface area contributed by atoms with Gasteiger partial charge in [0.05, 0.1) is 41.8 Å². The Balaban J connectivity index is 1.45. The van der Waals surface area contributed by atoms with Crippen LogP contribution in [0, 0.1) is 11.6 Å². The summed E-state index contributed by atoms with van der Waals surface area (Å²) < 4.78 is 39.0. The van der Waals surface area contributed by atoms with Crippen LogP contribution >= 0.6 is 11.3 Å². The number of anilines is 1. The van der Waals surface area contributed by atoms with Crippen LogP contribution in [0.4, 0.5) is 14.5 Å². The number of nitrogens with zero attached hydrogens (tertiary/aromatic N) is 4. The Labute approximate surface area is 262 Å². The maximum Gasteiger partial charge on any atom is 0.246 e. The number of ether oxygens (including phenoxy) is 1. The molecule has 2 aliphatic rings. The molecular formula is C34H29F2N5O3S. The first-order chi connectivity index (χ1) is 21.7. The number of carbonyl (C=O) groups is 2. The van der Waals surface area contributed by atoms with Crippen LogP contribution in [-0.4, -0.2) is 57.1 Å². The highest BCUT2D eigenvalue weighted by molar-refractivity contribution is 7.18. The van der Waals surface area contributed by atoms with Crippen LogP contribution in [0.3, 0.4) is 0 Å². The molecule has 7 rings (SSSR count). The van der Waals surface area contributed by atoms with Crippen LogP contribution in [0.15, 0.2) is 66.8 Å². The lowest BCUT2D eigenvalue weighted by molar-refractivity contribution is -0.125. The molecular weight excluding hydrogens is 596 g/mol. The maximum absolute atomic E-state index is 15.9. The Morgan fingerprint density at radius 2 is 2.00 bits per heavy atom. The topological polar surface area (TPSA) is 89.4 Å². The average Bonchev–Trinajstić information content (AvgIpc) is 3.83. The normalized spacial score (nSPS) is 16.0. The number of nitrogens with one attached hydrogen (secondary N) is 1. The summed E-state index contributed by atoms with van der Waals surface area (Å²) in [5.74, 6) is -1.53. The van der Waals surface area contributed by atoms with Crippen molar-refractivity contribution in [3.63, 3.8) is 0 Å². The highest BCUT2D eigenvalue weighted by Crippen LogP contribution is 2.47. The quantitative estimate of drug-likeness (QED) is 0.194. The van der Waals surface area contributed by atoms with E-state index in [0.29, 0.717) is 41.2 Å². The molecule has 0 unspecified atom stereocenters. The number of fused-ring (bicyclic) bond motifs is 2. The molecule has 1 N–H and O–H groups in total. The van der Waals surface area contributed by atoms with Crippen molar-refractivity contribution in [1.82, 2.24) is 19.7 Å². The molecule has 45 heavy (non-hydrogen) atoms. The predicted octanol–water partition coefficient (Wildman–Crippen LogP) is 7.13. The van der Waals surface area contributed by atoms with Crippen LogP contribution in [0.25, 0.3) is 43.7 Å². The lowest BCUT2D eigenvalue weighted by atomic mass is 9.95. The zero-order valence-corrected chi connectivity index (χ0v) is 25.5. The number of ketones is 1. The monoisotopic (exact) mass is 625 g/mol. The second-order valence-electron chi connectivity index (χ2n) is 11.5. The van der Waals surface area contributed by atoms with E-state index in [0.717, 1.165) is 33.8 Å². The van der Waals surface area contributed by atoms with Crippen molar-refractivity contribution in [1.29, 1.82) is 0 Å². The van der Waals surface area contributed by atoms with E-state index in [-0.39, 0.29) is 41.7 Å². The third kappa shape index (κ3) is 5.06. The summed E-state index contributed by atoms with van der Waals surface area (Å²) in [5, 5.41) is 10.5. The third-order valence-corrected chi connectivity index (χ3v) is 9.10. The molecule has 1 fully saturated rings. The van der Waals surface area contributed by atoms with Gasteiger partial charge in [0.15, 0.2) is 5.78 Å². The summed E-state index contributed by atoms with van der Waals surface area (Å²) in [7, 11) is 0. The minimum absolute atomic E-state index is 0.0263. The number of likely N-dealkylation sites (tertiary alicyclic amines) is 1. The van der Waals surface area contributed by atoms with Gasteiger partial charge in [-0.3, -0.25) is 14.3 Å². The molecule has 0 saturated carbocycles. The lowest BCUT2D eigenvalue weighted by Crippen LogP contribution is -2.27. The molecule has 8 nitrogen and oxygen atoms in total. The summed E-state index contributed by atoms with van der Waals surface area (Å²) in [6.45, 7) is 8.51. The lowest BCUT2D eigenvalue weighted by Gasteiger charge is -2.19. The molecule has 228 valence electrons. The van der Waals surface area contributed by atoms with Crippen molar-refractivity contribution in [2.45, 2.75) is 32.4 Å². The molecule has 0 radical (unpaired) electrons. The summed E-state index contributed by atoms with van der Waals surface area (Å²) in [6, 6.07) is 9.50. The second kappa shape index (κ2) is 11.2. The first-order valence-electron chi connectivity index (χ1n) is 14.7. The standard InChI is InChI=1S/C34H29F2N5O3S/c1-4-29(43)40-9-7-22(17-40)41-16-20(14-38-41)33-31(30-25(36)12-21(35)13-28(30)44-18(2)3)34-24(8-10-45-34)32(39-33)19-5-6-23-26(11-19)37-15-27(23)42/h4-6,8,10-14,16,18,22,37H,1,7,9,15,17H2,2-3H3/t22-/m0/s1. The van der Waals surface area contributed by atoms with Crippen LogP contribution in [0.5, 0.6) is 5.75 Å². The maximum atomic E-state index is 15.9. The molecule has 1 saturated heterocycles. The number of rotatable bonds is 7. The van der Waals surface area contributed by atoms with E-state index in [2.05, 4.69) is 17.0 Å². The number of benzene rings is 2. The van der Waals surface area contributed by atoms with E-state index in [1.165, 1.54) is 23.5 Å². The number of hydrogen-bond donors (Lipinski definition) is 1. The minimum Gasteiger partial charge on any atom is -0.490 e. The van der Waals surface area contributed by atoms with Gasteiger partial charge in [-0.2, -0.15) is 5.10 Å². The number of pyridine rings is 1. The number of Topliss-reactive ketones (excluding diaryl/α,β-unsaturated/α-hetero) is 1. The minimum atomic E-state index is -0.766. The van der Waals surface area contributed by atoms with Crippen molar-refractivity contribution in [2.75, 3.05) is 25.0 Å². The zero-order valence-electron chi connectivity index (χ0n) is 24.6. The molecule has 3 aromatic heterocycles. The molecule has 2 aliphatic heterocycles. The Kier molecular flexibility index (Phi) is 7.20. The van der Waals surface area contributed by atoms with E-state index in [9.17, 15) is 14.0 Å². The van der Waals surface area contributed by atoms with Crippen molar-refractivity contribution in [3.05, 3.63) is 84.0 Å². The van der Waals surface area contributed by atoms with Crippen LogP contribution < -0.4 is 10.1 Å². The Morgan fingerprint density at radius 3 is 2.80 bits per heavy atom. The van der Waals surface area contributed by atoms with Gasteiger partial charge in [-0.05, 0) is 49.9 Å². The fourth-order valence-corrected chi connectivity index (χ4v) is 7.07. The zero-order chi connectivity index (χ0) is 31.4. The fraction of sp³-hybridized carbons (Fsp3) is 0.235. The van der Waals surface area contributed by atoms with Gasteiger partial charge in [-0.15, -0.1) is 11.3 Å². The number of aromatic nitrogens is 3. The Hall–Kier alpha value is -4.90. The molecule has 0 spiro atoms. The van der Waals surface area contributed by atoms with Crippen molar-refractivity contribution >= 4 is 38.8 Å². The second-order valence-corrected chi connectivity index (χ2v) is 12.4. The number of carbonyl (C=O) groups excluding carboxylic acids is 2. The third-order valence-electron chi connectivity index (χ3n) is 8.17. The van der Waals surface area contributed by atoms with Crippen LogP contribution in [-0.2, 0) is 4.79 Å². The molecule has 5 heterocycles. The van der Waals surface area contributed by atoms with Crippen molar-refractivity contribution < 1.29 is 23.1 Å². The van der Waals surface area contributed by atoms with E-state index in [1.54, 1.807) is 31.0 Å². The van der Waals surface area contributed by atoms with E-state index in [1.807, 2.05) is 34.5 Å². The molecule has 5 aromatic rings. The molecule has 0 aliphatic carbocycles. The number of hydrogen-bond acceptors (Lipinski definition) is 7. The van der Waals surface area contributed by atoms with Gasteiger partial charge in [0.25, 0.3) is 0 Å². The summed E-state index contributed by atoms with van der Waals surface area (Å²) in [5.41, 5.74) is 4.47. The number of halogens is 2. The molecule has 1 atom stereocenters. The smallest absolute Gasteiger partial charge is 0.246 e. The van der Waals surface area contributed by atoms with Gasteiger partial charge in [0, 0.05) is 69.4 Å². The first kappa shape index (κ1) is 28.8. The molecule has 2 aromatic carbocycles. The largest absolute Gasteiger partial charge is 0.490 e. The Bertz CT molecular complexity index is 2020. The van der Waals surface area contributed by atoms with E-state index < -0.39 is 11.6 Å². The summed E-state index contributed by atoms with van der Waals surface area (Å²) >= 11 is 1.42. The van der Waals surface area contributed by atoms with Crippen molar-refractivity contribution in [2.24, 2.45) is 0 Å². The van der Waals surface area contributed by atoms with E-state index in [4.69, 9.17) is 9.72 Å². The van der Waals surface area contributed by atoms with Gasteiger partial charge in [-0.1, -0.05) is 12.6 Å². The number of thiophene rings is 1. The van der Waals surface area contributed by atoms with Crippen LogP contribution in [0.2, 0.25) is 0 Å². The molecule has 0 bridgehead atoms. The van der Waals surface area contributed by atoms with Gasteiger partial charge >= 0.3 is 0 Å². The van der Waals surface area contributed by atoms with Crippen LogP contribution in [0.1, 0.15) is 36.7 Å². The predicted molar refractivity (Wildman–Crippen MR) is 171 cm³/mol. The summed E-state index contributed by atoms with van der Waals surface area (Å²) in [6.07, 6.45) is 5.22. The van der Waals surface area contributed by atoms with Gasteiger partial charge in [0.2, 0.25) is 5.91 Å². The van der Waals surface area contributed by atoms with E-state index >= 15 is 4.39 Å². The highest BCUT2D eigenvalue weighted by Gasteiger charge is 2.30. The van der Waals surface area contributed by atoms with Gasteiger partial charge < -0.3 is 15.0 Å². The SMILES string of the molecule is C=CC(=O)N1CC[C@H](n2cc(-c3nc(-c4ccc5c(c4)NCC5=O)c4ccsc4c3-c3c(F)cc(F)cc3OC(C)C)cn2)C1. The highest BCUT2D eigenvalue weighted by atomic mass is 32.1. The number of amides is 1. The summed E-state index contributed by atoms with van der Waals surface area (Å²) in [4.78, 5) is 31.4. The molecule has 11 heteroatoms. The Morgan fingerprint density at radius 1 is 1.16 bits per heavy atom. The molecule has 1 amide bonds. The van der Waals surface area contributed by atoms with Gasteiger partial charge in [0.1, 0.15) is 17.4 Å². The van der Waals surface area contributed by atoms with Gasteiger partial charge in [-0.25, -0.2) is 13.8 Å². The first-order valence-corrected chi connectivity index (χ1v) is 15.5. The fourth-order valence-electron chi connectivity index (χ4n) is 6.12. The van der Waals surface area contributed by atoms with Crippen molar-refractivity contribution in [3.8, 4) is 39.4 Å².